The van der Waals surface area contributed by atoms with E-state index in [1.165, 1.54) is 20.3 Å². The predicted octanol–water partition coefficient (Wildman–Crippen LogP) is 1.84. The molecule has 0 radical (unpaired) electrons. The molecule has 1 saturated heterocycles. The topological polar surface area (TPSA) is 50.8 Å². The molecule has 6 heteroatoms. The maximum atomic E-state index is 14.1. The minimum absolute atomic E-state index is 0.124. The van der Waals surface area contributed by atoms with Gasteiger partial charge in [0.05, 0.1) is 14.2 Å². The number of carbonyl (C=O) groups is 1. The van der Waals surface area contributed by atoms with Gasteiger partial charge in [-0.25, -0.2) is 4.39 Å². The van der Waals surface area contributed by atoms with Gasteiger partial charge < -0.3 is 19.7 Å². The van der Waals surface area contributed by atoms with Crippen molar-refractivity contribution in [2.45, 2.75) is 19.8 Å². The second-order valence-corrected chi connectivity index (χ2v) is 5.81. The lowest BCUT2D eigenvalue weighted by Gasteiger charge is -2.29. The number of nitrogens with zero attached hydrogens (tertiary/aromatic N) is 1. The number of aryl methyl sites for hydroxylation is 1. The van der Waals surface area contributed by atoms with Gasteiger partial charge in [0.2, 0.25) is 5.91 Å². The molecule has 1 amide bonds. The van der Waals surface area contributed by atoms with Gasteiger partial charge in [0.15, 0.2) is 11.5 Å². The largest absolute Gasteiger partial charge is 0.493 e. The molecule has 1 aromatic carbocycles. The summed E-state index contributed by atoms with van der Waals surface area (Å²) in [4.78, 5) is 14.3. The molecule has 1 unspecified atom stereocenters. The van der Waals surface area contributed by atoms with Gasteiger partial charge in [0.1, 0.15) is 5.82 Å². The Morgan fingerprint density at radius 2 is 1.87 bits per heavy atom. The quantitative estimate of drug-likeness (QED) is 0.867. The second-order valence-electron chi connectivity index (χ2n) is 5.81. The highest BCUT2D eigenvalue weighted by molar-refractivity contribution is 5.78. The minimum atomic E-state index is -0.329. The van der Waals surface area contributed by atoms with Crippen molar-refractivity contribution in [2.75, 3.05) is 40.4 Å². The lowest BCUT2D eigenvalue weighted by Crippen LogP contribution is -2.48. The molecule has 1 atom stereocenters. The highest BCUT2D eigenvalue weighted by Gasteiger charge is 2.22. The van der Waals surface area contributed by atoms with Crippen LogP contribution >= 0.6 is 0 Å². The summed E-state index contributed by atoms with van der Waals surface area (Å²) in [5.74, 6) is 0.570. The first-order valence-corrected chi connectivity index (χ1v) is 7.96. The first kappa shape index (κ1) is 17.5. The standard InChI is InChI=1S/C17H25FN2O3/c1-12(17(21)20-8-6-19-7-9-20)4-5-13-10-15(22-2)16(23-3)11-14(13)18/h10-12,19H,4-9H2,1-3H3. The van der Waals surface area contributed by atoms with Crippen LogP contribution in [0.15, 0.2) is 12.1 Å². The molecular formula is C17H25FN2O3. The number of carbonyl (C=O) groups excluding carboxylic acids is 1. The number of ether oxygens (including phenoxy) is 2. The molecule has 128 valence electrons. The van der Waals surface area contributed by atoms with E-state index < -0.39 is 0 Å². The number of piperazine rings is 1. The van der Waals surface area contributed by atoms with Gasteiger partial charge in [-0.05, 0) is 24.5 Å². The third-order valence-corrected chi connectivity index (χ3v) is 4.25. The van der Waals surface area contributed by atoms with Crippen LogP contribution in [0.4, 0.5) is 4.39 Å². The Balaban J connectivity index is 1.98. The Morgan fingerprint density at radius 3 is 2.48 bits per heavy atom. The van der Waals surface area contributed by atoms with Crippen LogP contribution in [-0.2, 0) is 11.2 Å². The van der Waals surface area contributed by atoms with E-state index in [0.29, 0.717) is 29.9 Å². The zero-order valence-electron chi connectivity index (χ0n) is 14.0. The Hall–Kier alpha value is -1.82. The first-order chi connectivity index (χ1) is 11.1. The number of benzene rings is 1. The number of nitrogens with one attached hydrogen (secondary N) is 1. The summed E-state index contributed by atoms with van der Waals surface area (Å²) in [6.45, 7) is 5.07. The van der Waals surface area contributed by atoms with Gasteiger partial charge in [-0.3, -0.25) is 4.79 Å². The molecular weight excluding hydrogens is 299 g/mol. The fourth-order valence-corrected chi connectivity index (χ4v) is 2.78. The number of hydrogen-bond donors (Lipinski definition) is 1. The molecule has 0 aliphatic carbocycles. The Kier molecular flexibility index (Phi) is 6.21. The number of halogens is 1. The smallest absolute Gasteiger partial charge is 0.225 e. The number of hydrogen-bond acceptors (Lipinski definition) is 4. The fraction of sp³-hybridized carbons (Fsp3) is 0.588. The maximum absolute atomic E-state index is 14.1. The van der Waals surface area contributed by atoms with Crippen LogP contribution in [0, 0.1) is 11.7 Å². The van der Waals surface area contributed by atoms with Crippen LogP contribution in [0.3, 0.4) is 0 Å². The average molecular weight is 324 g/mol. The fourth-order valence-electron chi connectivity index (χ4n) is 2.78. The minimum Gasteiger partial charge on any atom is -0.493 e. The van der Waals surface area contributed by atoms with Gasteiger partial charge in [-0.2, -0.15) is 0 Å². The van der Waals surface area contributed by atoms with E-state index in [9.17, 15) is 9.18 Å². The molecule has 1 aromatic rings. The molecule has 1 aliphatic heterocycles. The van der Waals surface area contributed by atoms with Gasteiger partial charge >= 0.3 is 0 Å². The predicted molar refractivity (Wildman–Crippen MR) is 86.4 cm³/mol. The van der Waals surface area contributed by atoms with Crippen LogP contribution in [0.1, 0.15) is 18.9 Å². The summed E-state index contributed by atoms with van der Waals surface area (Å²) in [6, 6.07) is 2.98. The van der Waals surface area contributed by atoms with E-state index in [4.69, 9.17) is 9.47 Å². The van der Waals surface area contributed by atoms with Gasteiger partial charge in [-0.1, -0.05) is 6.92 Å². The molecule has 1 heterocycles. The lowest BCUT2D eigenvalue weighted by atomic mass is 9.99. The van der Waals surface area contributed by atoms with Crippen molar-refractivity contribution in [3.05, 3.63) is 23.5 Å². The average Bonchev–Trinajstić information content (AvgIpc) is 2.60. The van der Waals surface area contributed by atoms with Crippen LogP contribution in [0.25, 0.3) is 0 Å². The van der Waals surface area contributed by atoms with Crippen molar-refractivity contribution in [1.29, 1.82) is 0 Å². The molecule has 1 fully saturated rings. The maximum Gasteiger partial charge on any atom is 0.225 e. The third kappa shape index (κ3) is 4.34. The summed E-state index contributed by atoms with van der Waals surface area (Å²) >= 11 is 0. The molecule has 5 nitrogen and oxygen atoms in total. The normalized spacial score (nSPS) is 16.1. The Morgan fingerprint density at radius 1 is 1.26 bits per heavy atom. The van der Waals surface area contributed by atoms with Gasteiger partial charge in [-0.15, -0.1) is 0 Å². The lowest BCUT2D eigenvalue weighted by molar-refractivity contribution is -0.135. The van der Waals surface area contributed by atoms with E-state index in [2.05, 4.69) is 5.32 Å². The summed E-state index contributed by atoms with van der Waals surface area (Å²) in [5, 5.41) is 3.23. The van der Waals surface area contributed by atoms with Gasteiger partial charge in [0, 0.05) is 38.2 Å². The molecule has 0 aromatic heterocycles. The zero-order valence-corrected chi connectivity index (χ0v) is 14.0. The SMILES string of the molecule is COc1cc(F)c(CCC(C)C(=O)N2CCNCC2)cc1OC. The van der Waals surface area contributed by atoms with Crippen molar-refractivity contribution in [3.63, 3.8) is 0 Å². The van der Waals surface area contributed by atoms with Crippen molar-refractivity contribution < 1.29 is 18.7 Å². The van der Waals surface area contributed by atoms with Gasteiger partial charge in [0.25, 0.3) is 0 Å². The van der Waals surface area contributed by atoms with E-state index in [1.54, 1.807) is 6.07 Å². The molecule has 1 aliphatic rings. The summed E-state index contributed by atoms with van der Waals surface area (Å²) in [5.41, 5.74) is 0.544. The van der Waals surface area contributed by atoms with Crippen molar-refractivity contribution in [2.24, 2.45) is 5.92 Å². The van der Waals surface area contributed by atoms with Crippen LogP contribution in [0.2, 0.25) is 0 Å². The van der Waals surface area contributed by atoms with E-state index in [0.717, 1.165) is 26.2 Å². The van der Waals surface area contributed by atoms with Crippen molar-refractivity contribution in [1.82, 2.24) is 10.2 Å². The number of rotatable bonds is 6. The molecule has 0 bridgehead atoms. The molecule has 23 heavy (non-hydrogen) atoms. The third-order valence-electron chi connectivity index (χ3n) is 4.25. The zero-order chi connectivity index (χ0) is 16.8. The Labute approximate surface area is 136 Å². The van der Waals surface area contributed by atoms with Crippen LogP contribution in [0.5, 0.6) is 11.5 Å². The highest BCUT2D eigenvalue weighted by Crippen LogP contribution is 2.30. The second kappa shape index (κ2) is 8.15. The molecule has 1 N–H and O–H groups in total. The van der Waals surface area contributed by atoms with Crippen molar-refractivity contribution >= 4 is 5.91 Å². The highest BCUT2D eigenvalue weighted by atomic mass is 19.1. The number of amides is 1. The summed E-state index contributed by atoms with van der Waals surface area (Å²) in [7, 11) is 3.00. The Bertz CT molecular complexity index is 545. The molecule has 0 spiro atoms. The molecule has 2 rings (SSSR count). The summed E-state index contributed by atoms with van der Waals surface area (Å²) in [6.07, 6.45) is 1.10. The van der Waals surface area contributed by atoms with E-state index in [-0.39, 0.29) is 17.6 Å². The first-order valence-electron chi connectivity index (χ1n) is 7.96. The van der Waals surface area contributed by atoms with Crippen molar-refractivity contribution in [3.8, 4) is 11.5 Å². The van der Waals surface area contributed by atoms with E-state index in [1.807, 2.05) is 11.8 Å². The molecule has 0 saturated carbocycles. The van der Waals surface area contributed by atoms with Crippen LogP contribution in [-0.4, -0.2) is 51.2 Å². The van der Waals surface area contributed by atoms with E-state index >= 15 is 0 Å². The monoisotopic (exact) mass is 324 g/mol. The van der Waals surface area contributed by atoms with Crippen LogP contribution < -0.4 is 14.8 Å². The number of methoxy groups -OCH3 is 2. The summed E-state index contributed by atoms with van der Waals surface area (Å²) < 4.78 is 24.4.